The number of rotatable bonds is 4. The SMILES string of the molecule is CC(C)(C)c1ccc(C(=O)OCC(=O)Nc2ccccc2C#N)cc1. The fourth-order valence-corrected chi connectivity index (χ4v) is 2.20. The lowest BCUT2D eigenvalue weighted by Gasteiger charge is -2.18. The van der Waals surface area contributed by atoms with Gasteiger partial charge in [-0.2, -0.15) is 5.26 Å². The van der Waals surface area contributed by atoms with Crippen molar-refractivity contribution in [3.05, 3.63) is 65.2 Å². The second-order valence-corrected chi connectivity index (χ2v) is 6.61. The summed E-state index contributed by atoms with van der Waals surface area (Å²) in [6.07, 6.45) is 0. The van der Waals surface area contributed by atoms with Gasteiger partial charge >= 0.3 is 5.97 Å². The number of hydrogen-bond donors (Lipinski definition) is 1. The van der Waals surface area contributed by atoms with Crippen molar-refractivity contribution >= 4 is 17.6 Å². The molecule has 0 aliphatic carbocycles. The molecule has 128 valence electrons. The third-order valence-corrected chi connectivity index (χ3v) is 3.64. The second kappa shape index (κ2) is 7.63. The van der Waals surface area contributed by atoms with Crippen LogP contribution < -0.4 is 5.32 Å². The first-order valence-electron chi connectivity index (χ1n) is 7.88. The standard InChI is InChI=1S/C20H20N2O3/c1-20(2,3)16-10-8-14(9-11-16)19(24)25-13-18(23)22-17-7-5-4-6-15(17)12-21/h4-11H,13H2,1-3H3,(H,22,23). The Bertz CT molecular complexity index is 812. The highest BCUT2D eigenvalue weighted by Gasteiger charge is 2.15. The van der Waals surface area contributed by atoms with Crippen LogP contribution in [0.2, 0.25) is 0 Å². The van der Waals surface area contributed by atoms with Gasteiger partial charge in [-0.3, -0.25) is 4.79 Å². The van der Waals surface area contributed by atoms with Gasteiger partial charge in [-0.25, -0.2) is 4.79 Å². The van der Waals surface area contributed by atoms with Gasteiger partial charge in [0.15, 0.2) is 6.61 Å². The Morgan fingerprint density at radius 1 is 1.08 bits per heavy atom. The lowest BCUT2D eigenvalue weighted by Crippen LogP contribution is -2.21. The van der Waals surface area contributed by atoms with Crippen LogP contribution in [0.25, 0.3) is 0 Å². The predicted octanol–water partition coefficient (Wildman–Crippen LogP) is 3.65. The van der Waals surface area contributed by atoms with E-state index in [1.165, 1.54) is 0 Å². The van der Waals surface area contributed by atoms with Gasteiger partial charge in [-0.1, -0.05) is 45.0 Å². The van der Waals surface area contributed by atoms with Gasteiger partial charge in [0, 0.05) is 0 Å². The maximum atomic E-state index is 12.0. The van der Waals surface area contributed by atoms with E-state index < -0.39 is 18.5 Å². The van der Waals surface area contributed by atoms with E-state index >= 15 is 0 Å². The van der Waals surface area contributed by atoms with Crippen LogP contribution in [-0.4, -0.2) is 18.5 Å². The molecular formula is C20H20N2O3. The van der Waals surface area contributed by atoms with Crippen LogP contribution in [0.15, 0.2) is 48.5 Å². The molecule has 0 unspecified atom stereocenters. The quantitative estimate of drug-likeness (QED) is 0.864. The molecule has 2 aromatic rings. The van der Waals surface area contributed by atoms with E-state index in [2.05, 4.69) is 26.1 Å². The Hall–Kier alpha value is -3.13. The van der Waals surface area contributed by atoms with Crippen molar-refractivity contribution < 1.29 is 14.3 Å². The molecule has 25 heavy (non-hydrogen) atoms. The molecule has 0 saturated carbocycles. The van der Waals surface area contributed by atoms with Crippen LogP contribution in [0.5, 0.6) is 0 Å². The lowest BCUT2D eigenvalue weighted by atomic mass is 9.87. The third kappa shape index (κ3) is 4.92. The minimum atomic E-state index is -0.566. The molecule has 5 nitrogen and oxygen atoms in total. The number of nitriles is 1. The van der Waals surface area contributed by atoms with Crippen LogP contribution in [-0.2, 0) is 14.9 Å². The molecule has 2 aromatic carbocycles. The number of nitrogens with one attached hydrogen (secondary N) is 1. The molecule has 0 saturated heterocycles. The van der Waals surface area contributed by atoms with Crippen molar-refractivity contribution in [2.45, 2.75) is 26.2 Å². The highest BCUT2D eigenvalue weighted by molar-refractivity contribution is 5.96. The largest absolute Gasteiger partial charge is 0.452 e. The van der Waals surface area contributed by atoms with E-state index in [0.717, 1.165) is 5.56 Å². The van der Waals surface area contributed by atoms with E-state index in [1.54, 1.807) is 36.4 Å². The molecule has 0 fully saturated rings. The molecule has 0 heterocycles. The first-order valence-corrected chi connectivity index (χ1v) is 7.88. The minimum absolute atomic E-state index is 0.00352. The Balaban J connectivity index is 1.93. The van der Waals surface area contributed by atoms with E-state index in [1.807, 2.05) is 18.2 Å². The molecular weight excluding hydrogens is 316 g/mol. The molecule has 0 aliphatic heterocycles. The predicted molar refractivity (Wildman–Crippen MR) is 95.2 cm³/mol. The highest BCUT2D eigenvalue weighted by atomic mass is 16.5. The monoisotopic (exact) mass is 336 g/mol. The van der Waals surface area contributed by atoms with Gasteiger partial charge in [-0.05, 0) is 35.2 Å². The third-order valence-electron chi connectivity index (χ3n) is 3.64. The summed E-state index contributed by atoms with van der Waals surface area (Å²) in [6, 6.07) is 15.7. The summed E-state index contributed by atoms with van der Waals surface area (Å²) in [5.74, 6) is -1.06. The normalized spacial score (nSPS) is 10.6. The fraction of sp³-hybridized carbons (Fsp3) is 0.250. The molecule has 5 heteroatoms. The number of esters is 1. The van der Waals surface area contributed by atoms with E-state index in [0.29, 0.717) is 16.8 Å². The fourth-order valence-electron chi connectivity index (χ4n) is 2.20. The first kappa shape index (κ1) is 18.2. The zero-order valence-electron chi connectivity index (χ0n) is 14.5. The van der Waals surface area contributed by atoms with Crippen molar-refractivity contribution in [1.29, 1.82) is 5.26 Å². The topological polar surface area (TPSA) is 79.2 Å². The van der Waals surface area contributed by atoms with Crippen LogP contribution >= 0.6 is 0 Å². The van der Waals surface area contributed by atoms with Crippen LogP contribution in [0, 0.1) is 11.3 Å². The molecule has 0 aromatic heterocycles. The van der Waals surface area contributed by atoms with Gasteiger partial charge in [0.25, 0.3) is 5.91 Å². The van der Waals surface area contributed by atoms with Crippen LogP contribution in [0.4, 0.5) is 5.69 Å². The zero-order valence-corrected chi connectivity index (χ0v) is 14.5. The summed E-state index contributed by atoms with van der Waals surface area (Å²) in [5.41, 5.74) is 2.23. The lowest BCUT2D eigenvalue weighted by molar-refractivity contribution is -0.119. The summed E-state index contributed by atoms with van der Waals surface area (Å²) in [4.78, 5) is 23.9. The second-order valence-electron chi connectivity index (χ2n) is 6.61. The Morgan fingerprint density at radius 3 is 2.32 bits per heavy atom. The summed E-state index contributed by atoms with van der Waals surface area (Å²) < 4.78 is 5.03. The van der Waals surface area contributed by atoms with Gasteiger partial charge in [0.1, 0.15) is 6.07 Å². The number of ether oxygens (including phenoxy) is 1. The number of nitrogens with zero attached hydrogens (tertiary/aromatic N) is 1. The number of benzene rings is 2. The average Bonchev–Trinajstić information content (AvgIpc) is 2.59. The van der Waals surface area contributed by atoms with Crippen LogP contribution in [0.3, 0.4) is 0 Å². The smallest absolute Gasteiger partial charge is 0.338 e. The molecule has 0 spiro atoms. The van der Waals surface area contributed by atoms with Crippen molar-refractivity contribution in [2.75, 3.05) is 11.9 Å². The highest BCUT2D eigenvalue weighted by Crippen LogP contribution is 2.22. The number of anilines is 1. The van der Waals surface area contributed by atoms with E-state index in [4.69, 9.17) is 10.00 Å². The number of para-hydroxylation sites is 1. The summed E-state index contributed by atoms with van der Waals surface area (Å²) >= 11 is 0. The molecule has 2 rings (SSSR count). The number of carbonyl (C=O) groups is 2. The first-order chi connectivity index (χ1) is 11.8. The number of carbonyl (C=O) groups excluding carboxylic acids is 2. The minimum Gasteiger partial charge on any atom is -0.452 e. The van der Waals surface area contributed by atoms with Gasteiger partial charge in [0.2, 0.25) is 0 Å². The molecule has 1 N–H and O–H groups in total. The van der Waals surface area contributed by atoms with Crippen molar-refractivity contribution in [2.24, 2.45) is 0 Å². The summed E-state index contributed by atoms with van der Waals surface area (Å²) in [5, 5.41) is 11.5. The Labute approximate surface area is 147 Å². The van der Waals surface area contributed by atoms with Crippen molar-refractivity contribution in [1.82, 2.24) is 0 Å². The number of hydrogen-bond acceptors (Lipinski definition) is 4. The zero-order chi connectivity index (χ0) is 18.4. The van der Waals surface area contributed by atoms with Crippen molar-refractivity contribution in [3.8, 4) is 6.07 Å². The molecule has 0 atom stereocenters. The molecule has 1 amide bonds. The van der Waals surface area contributed by atoms with E-state index in [-0.39, 0.29) is 5.41 Å². The van der Waals surface area contributed by atoms with Gasteiger partial charge in [0.05, 0.1) is 16.8 Å². The molecule has 0 bridgehead atoms. The Kier molecular flexibility index (Phi) is 5.56. The summed E-state index contributed by atoms with van der Waals surface area (Å²) in [7, 11) is 0. The maximum absolute atomic E-state index is 12.0. The summed E-state index contributed by atoms with van der Waals surface area (Å²) in [6.45, 7) is 5.84. The average molecular weight is 336 g/mol. The van der Waals surface area contributed by atoms with Crippen molar-refractivity contribution in [3.63, 3.8) is 0 Å². The van der Waals surface area contributed by atoms with E-state index in [9.17, 15) is 9.59 Å². The molecule has 0 radical (unpaired) electrons. The van der Waals surface area contributed by atoms with Gasteiger partial charge in [-0.15, -0.1) is 0 Å². The van der Waals surface area contributed by atoms with Gasteiger partial charge < -0.3 is 10.1 Å². The maximum Gasteiger partial charge on any atom is 0.338 e. The Morgan fingerprint density at radius 2 is 1.72 bits per heavy atom. The van der Waals surface area contributed by atoms with Crippen LogP contribution in [0.1, 0.15) is 42.3 Å². The molecule has 0 aliphatic rings. The number of amides is 1.